The highest BCUT2D eigenvalue weighted by Gasteiger charge is 2.46. The molecule has 3 atom stereocenters. The maximum Gasteiger partial charge on any atom is 0.262 e. The third-order valence-corrected chi connectivity index (χ3v) is 5.79. The molecular weight excluding hydrogens is 414 g/mol. The minimum absolute atomic E-state index is 0.0686. The molecular formula is C23H27N3O6. The first-order valence-corrected chi connectivity index (χ1v) is 10.7. The minimum atomic E-state index is -0.938. The maximum absolute atomic E-state index is 13.5. The number of nitrogens with zero attached hydrogens (tertiary/aromatic N) is 3. The summed E-state index contributed by atoms with van der Waals surface area (Å²) in [5.74, 6) is -0.555. The standard InChI is InChI=1S/C23H27N3O6/c1-13(2)8-18(26-21(28)16-6-4-5-7-17(16)22(26)29)23(30)25-10-19(27)20(11-25)31-12-15-9-14(3)32-24-15/h4-7,9,13,18-20,27H,8,10-12H2,1-3H3/t18-,19?,20?/m0/s1. The molecule has 2 aliphatic rings. The van der Waals surface area contributed by atoms with Crippen molar-refractivity contribution in [2.75, 3.05) is 13.1 Å². The van der Waals surface area contributed by atoms with E-state index in [0.29, 0.717) is 29.0 Å². The van der Waals surface area contributed by atoms with Crippen LogP contribution in [-0.4, -0.2) is 69.1 Å². The number of β-amino-alcohol motifs (C(OH)–C–C–N with tert-alkyl or cyclic N) is 1. The van der Waals surface area contributed by atoms with E-state index in [4.69, 9.17) is 9.26 Å². The number of imide groups is 1. The smallest absolute Gasteiger partial charge is 0.262 e. The molecule has 1 N–H and O–H groups in total. The molecule has 2 unspecified atom stereocenters. The van der Waals surface area contributed by atoms with Crippen LogP contribution in [-0.2, 0) is 16.1 Å². The van der Waals surface area contributed by atoms with Gasteiger partial charge in [-0.05, 0) is 31.4 Å². The summed E-state index contributed by atoms with van der Waals surface area (Å²) in [6, 6.07) is 7.39. The highest BCUT2D eigenvalue weighted by atomic mass is 16.5. The molecule has 1 aromatic heterocycles. The first-order valence-electron chi connectivity index (χ1n) is 10.7. The Morgan fingerprint density at radius 1 is 1.22 bits per heavy atom. The first-order chi connectivity index (χ1) is 15.3. The van der Waals surface area contributed by atoms with E-state index in [1.165, 1.54) is 4.90 Å². The van der Waals surface area contributed by atoms with Crippen LogP contribution in [0.3, 0.4) is 0 Å². The number of hydrogen-bond donors (Lipinski definition) is 1. The van der Waals surface area contributed by atoms with E-state index in [0.717, 1.165) is 4.90 Å². The molecule has 3 amide bonds. The Labute approximate surface area is 185 Å². The van der Waals surface area contributed by atoms with Gasteiger partial charge in [-0.3, -0.25) is 19.3 Å². The largest absolute Gasteiger partial charge is 0.388 e. The predicted molar refractivity (Wildman–Crippen MR) is 113 cm³/mol. The van der Waals surface area contributed by atoms with Crippen molar-refractivity contribution >= 4 is 17.7 Å². The third kappa shape index (κ3) is 4.18. The Bertz CT molecular complexity index is 997. The van der Waals surface area contributed by atoms with Crippen LogP contribution >= 0.6 is 0 Å². The number of ether oxygens (including phenoxy) is 1. The predicted octanol–water partition coefficient (Wildman–Crippen LogP) is 1.78. The number of carbonyl (C=O) groups excluding carboxylic acids is 3. The van der Waals surface area contributed by atoms with Gasteiger partial charge >= 0.3 is 0 Å². The fraction of sp³-hybridized carbons (Fsp3) is 0.478. The number of fused-ring (bicyclic) bond motifs is 1. The number of hydrogen-bond acceptors (Lipinski definition) is 7. The van der Waals surface area contributed by atoms with E-state index < -0.39 is 30.1 Å². The maximum atomic E-state index is 13.5. The first kappa shape index (κ1) is 22.2. The molecule has 1 aromatic carbocycles. The van der Waals surface area contributed by atoms with Crippen LogP contribution in [0.2, 0.25) is 0 Å². The van der Waals surface area contributed by atoms with Crippen LogP contribution in [0, 0.1) is 12.8 Å². The molecule has 2 aliphatic heterocycles. The van der Waals surface area contributed by atoms with Crippen molar-refractivity contribution in [1.82, 2.24) is 15.0 Å². The number of aliphatic hydroxyl groups excluding tert-OH is 1. The second-order valence-electron chi connectivity index (χ2n) is 8.76. The van der Waals surface area contributed by atoms with Gasteiger partial charge in [-0.25, -0.2) is 0 Å². The molecule has 0 saturated carbocycles. The summed E-state index contributed by atoms with van der Waals surface area (Å²) < 4.78 is 10.8. The molecule has 32 heavy (non-hydrogen) atoms. The second-order valence-corrected chi connectivity index (χ2v) is 8.76. The van der Waals surface area contributed by atoms with Crippen LogP contribution in [0.4, 0.5) is 0 Å². The van der Waals surface area contributed by atoms with Gasteiger partial charge in [0.05, 0.1) is 23.8 Å². The molecule has 1 fully saturated rings. The molecule has 4 rings (SSSR count). The Kier molecular flexibility index (Phi) is 6.12. The van der Waals surface area contributed by atoms with Crippen molar-refractivity contribution in [3.63, 3.8) is 0 Å². The van der Waals surface area contributed by atoms with Gasteiger partial charge in [-0.2, -0.15) is 0 Å². The number of benzene rings is 1. The highest BCUT2D eigenvalue weighted by Crippen LogP contribution is 2.29. The molecule has 2 aromatic rings. The second kappa shape index (κ2) is 8.84. The highest BCUT2D eigenvalue weighted by molar-refractivity contribution is 6.22. The molecule has 0 aliphatic carbocycles. The van der Waals surface area contributed by atoms with Crippen LogP contribution in [0.5, 0.6) is 0 Å². The van der Waals surface area contributed by atoms with Gasteiger partial charge < -0.3 is 19.3 Å². The SMILES string of the molecule is Cc1cc(COC2CN(C(=O)[C@H](CC(C)C)N3C(=O)c4ccccc4C3=O)CC2O)no1. The van der Waals surface area contributed by atoms with Crippen molar-refractivity contribution in [1.29, 1.82) is 0 Å². The lowest BCUT2D eigenvalue weighted by molar-refractivity contribution is -0.135. The quantitative estimate of drug-likeness (QED) is 0.652. The van der Waals surface area contributed by atoms with Gasteiger partial charge in [0, 0.05) is 19.2 Å². The van der Waals surface area contributed by atoms with Crippen LogP contribution in [0.25, 0.3) is 0 Å². The zero-order valence-corrected chi connectivity index (χ0v) is 18.4. The van der Waals surface area contributed by atoms with Gasteiger partial charge in [-0.1, -0.05) is 31.1 Å². The lowest BCUT2D eigenvalue weighted by Crippen LogP contribution is -2.51. The molecule has 0 bridgehead atoms. The fourth-order valence-electron chi connectivity index (χ4n) is 4.24. The molecule has 9 nitrogen and oxygen atoms in total. The minimum Gasteiger partial charge on any atom is -0.388 e. The van der Waals surface area contributed by atoms with E-state index in [1.807, 2.05) is 13.8 Å². The Morgan fingerprint density at radius 2 is 1.88 bits per heavy atom. The lowest BCUT2D eigenvalue weighted by Gasteiger charge is -2.30. The van der Waals surface area contributed by atoms with E-state index in [1.54, 1.807) is 37.3 Å². The van der Waals surface area contributed by atoms with Crippen LogP contribution in [0.15, 0.2) is 34.9 Å². The summed E-state index contributed by atoms with van der Waals surface area (Å²) in [5, 5.41) is 14.3. The Morgan fingerprint density at radius 3 is 2.44 bits per heavy atom. The van der Waals surface area contributed by atoms with E-state index in [9.17, 15) is 19.5 Å². The summed E-state index contributed by atoms with van der Waals surface area (Å²) in [6.45, 7) is 6.02. The Hall–Kier alpha value is -3.04. The Balaban J connectivity index is 1.49. The lowest BCUT2D eigenvalue weighted by atomic mass is 10.0. The zero-order valence-electron chi connectivity index (χ0n) is 18.4. The van der Waals surface area contributed by atoms with Crippen LogP contribution < -0.4 is 0 Å². The van der Waals surface area contributed by atoms with Gasteiger partial charge in [0.25, 0.3) is 11.8 Å². The molecule has 0 radical (unpaired) electrons. The average Bonchev–Trinajstić information content (AvgIpc) is 3.41. The topological polar surface area (TPSA) is 113 Å². The van der Waals surface area contributed by atoms with Crippen molar-refractivity contribution in [3.8, 4) is 0 Å². The summed E-state index contributed by atoms with van der Waals surface area (Å²) in [4.78, 5) is 42.0. The molecule has 9 heteroatoms. The molecule has 3 heterocycles. The fourth-order valence-corrected chi connectivity index (χ4v) is 4.24. The van der Waals surface area contributed by atoms with E-state index in [2.05, 4.69) is 5.16 Å². The zero-order chi connectivity index (χ0) is 23.0. The molecule has 0 spiro atoms. The number of amides is 3. The van der Waals surface area contributed by atoms with Gasteiger partial charge in [-0.15, -0.1) is 0 Å². The van der Waals surface area contributed by atoms with Crippen molar-refractivity contribution < 1.29 is 28.8 Å². The number of aliphatic hydroxyl groups is 1. The number of aromatic nitrogens is 1. The summed E-state index contributed by atoms with van der Waals surface area (Å²) in [5.41, 5.74) is 1.22. The van der Waals surface area contributed by atoms with E-state index in [-0.39, 0.29) is 31.5 Å². The van der Waals surface area contributed by atoms with E-state index >= 15 is 0 Å². The molecule has 1 saturated heterocycles. The summed E-state index contributed by atoms with van der Waals surface area (Å²) in [6.07, 6.45) is -1.15. The van der Waals surface area contributed by atoms with Crippen LogP contribution in [0.1, 0.15) is 52.4 Å². The monoisotopic (exact) mass is 441 g/mol. The summed E-state index contributed by atoms with van der Waals surface area (Å²) >= 11 is 0. The molecule has 170 valence electrons. The number of rotatable bonds is 7. The summed E-state index contributed by atoms with van der Waals surface area (Å²) in [7, 11) is 0. The third-order valence-electron chi connectivity index (χ3n) is 5.79. The normalized spacial score (nSPS) is 21.5. The number of likely N-dealkylation sites (tertiary alicyclic amines) is 1. The van der Waals surface area contributed by atoms with Gasteiger partial charge in [0.1, 0.15) is 23.6 Å². The number of aryl methyl sites for hydroxylation is 1. The number of carbonyl (C=O) groups is 3. The van der Waals surface area contributed by atoms with Crippen molar-refractivity contribution in [2.24, 2.45) is 5.92 Å². The average molecular weight is 441 g/mol. The van der Waals surface area contributed by atoms with Crippen molar-refractivity contribution in [2.45, 2.75) is 52.0 Å². The van der Waals surface area contributed by atoms with Gasteiger partial charge in [0.2, 0.25) is 5.91 Å². The van der Waals surface area contributed by atoms with Crippen molar-refractivity contribution in [3.05, 3.63) is 52.9 Å². The van der Waals surface area contributed by atoms with Gasteiger partial charge in [0.15, 0.2) is 0 Å².